The van der Waals surface area contributed by atoms with Crippen LogP contribution in [0.2, 0.25) is 0 Å². The van der Waals surface area contributed by atoms with E-state index in [4.69, 9.17) is 4.74 Å². The molecule has 1 aliphatic heterocycles. The molecular formula is C20H26N2O5. The number of ether oxygens (including phenoxy) is 1. The lowest BCUT2D eigenvalue weighted by Gasteiger charge is -2.37. The summed E-state index contributed by atoms with van der Waals surface area (Å²) < 4.78 is 5.59. The van der Waals surface area contributed by atoms with E-state index in [9.17, 15) is 19.5 Å². The molecule has 7 heteroatoms. The molecule has 0 radical (unpaired) electrons. The molecule has 1 fully saturated rings. The molecule has 146 valence electrons. The van der Waals surface area contributed by atoms with Crippen LogP contribution in [0.1, 0.15) is 46.0 Å². The second-order valence-electron chi connectivity index (χ2n) is 7.59. The largest absolute Gasteiger partial charge is 0.480 e. The van der Waals surface area contributed by atoms with E-state index >= 15 is 0 Å². The van der Waals surface area contributed by atoms with E-state index in [0.29, 0.717) is 30.2 Å². The predicted molar refractivity (Wildman–Crippen MR) is 99.6 cm³/mol. The van der Waals surface area contributed by atoms with Crippen LogP contribution < -0.4 is 15.0 Å². The van der Waals surface area contributed by atoms with Crippen LogP contribution in [0.5, 0.6) is 5.75 Å². The van der Waals surface area contributed by atoms with Gasteiger partial charge in [0.05, 0.1) is 5.69 Å². The Kier molecular flexibility index (Phi) is 5.39. The molecular weight excluding hydrogens is 348 g/mol. The lowest BCUT2D eigenvalue weighted by molar-refractivity contribution is -0.149. The lowest BCUT2D eigenvalue weighted by Crippen LogP contribution is -2.56. The van der Waals surface area contributed by atoms with Crippen molar-refractivity contribution >= 4 is 23.5 Å². The molecule has 3 rings (SSSR count). The molecule has 0 saturated heterocycles. The Balaban J connectivity index is 1.66. The third-order valence-electron chi connectivity index (χ3n) is 5.55. The van der Waals surface area contributed by atoms with Gasteiger partial charge in [-0.05, 0) is 50.7 Å². The Morgan fingerprint density at radius 1 is 1.26 bits per heavy atom. The summed E-state index contributed by atoms with van der Waals surface area (Å²) in [5.41, 5.74) is -0.558. The van der Waals surface area contributed by atoms with Gasteiger partial charge < -0.3 is 20.1 Å². The number of amides is 2. The highest BCUT2D eigenvalue weighted by Crippen LogP contribution is 2.34. The van der Waals surface area contributed by atoms with E-state index in [-0.39, 0.29) is 24.8 Å². The summed E-state index contributed by atoms with van der Waals surface area (Å²) in [6.45, 7) is 3.95. The average Bonchev–Trinajstić information content (AvgIpc) is 2.64. The molecule has 0 aromatic heterocycles. The van der Waals surface area contributed by atoms with Gasteiger partial charge in [0.1, 0.15) is 11.3 Å². The second-order valence-corrected chi connectivity index (χ2v) is 7.59. The minimum Gasteiger partial charge on any atom is -0.480 e. The standard InChI is InChI=1S/C20H26N2O5/c1-13-7-10-20(11-8-13,19(25)26)21-17(23)9-12-22-15-5-3-4-6-16(15)27-14(2)18(22)24/h3-6,13-14H,7-12H2,1-2H3,(H,21,23)(H,25,26). The van der Waals surface area contributed by atoms with E-state index in [2.05, 4.69) is 12.2 Å². The van der Waals surface area contributed by atoms with E-state index in [1.54, 1.807) is 30.0 Å². The number of carbonyl (C=O) groups is 3. The summed E-state index contributed by atoms with van der Waals surface area (Å²) in [6, 6.07) is 7.19. The summed E-state index contributed by atoms with van der Waals surface area (Å²) in [4.78, 5) is 38.3. The number of nitrogens with one attached hydrogen (secondary N) is 1. The van der Waals surface area contributed by atoms with Crippen molar-refractivity contribution in [2.45, 2.75) is 57.6 Å². The highest BCUT2D eigenvalue weighted by Gasteiger charge is 2.42. The molecule has 2 aliphatic rings. The predicted octanol–water partition coefficient (Wildman–Crippen LogP) is 2.34. The van der Waals surface area contributed by atoms with Gasteiger partial charge in [-0.15, -0.1) is 0 Å². The number of rotatable bonds is 5. The molecule has 2 N–H and O–H groups in total. The smallest absolute Gasteiger partial charge is 0.329 e. The number of carboxylic acids is 1. The van der Waals surface area contributed by atoms with E-state index in [1.807, 2.05) is 6.07 Å². The van der Waals surface area contributed by atoms with E-state index in [0.717, 1.165) is 12.8 Å². The summed E-state index contributed by atoms with van der Waals surface area (Å²) >= 11 is 0. The van der Waals surface area contributed by atoms with Gasteiger partial charge in [-0.3, -0.25) is 9.59 Å². The van der Waals surface area contributed by atoms with Crippen LogP contribution in [0.15, 0.2) is 24.3 Å². The maximum atomic E-state index is 12.5. The third kappa shape index (κ3) is 3.91. The Labute approximate surface area is 158 Å². The third-order valence-corrected chi connectivity index (χ3v) is 5.55. The minimum absolute atomic E-state index is 0.0391. The quantitative estimate of drug-likeness (QED) is 0.825. The molecule has 1 aliphatic carbocycles. The molecule has 1 heterocycles. The zero-order valence-electron chi connectivity index (χ0n) is 15.7. The van der Waals surface area contributed by atoms with Gasteiger partial charge in [0.15, 0.2) is 6.10 Å². The van der Waals surface area contributed by atoms with Crippen LogP contribution >= 0.6 is 0 Å². The number of benzene rings is 1. The van der Waals surface area contributed by atoms with Crippen molar-refractivity contribution in [2.75, 3.05) is 11.4 Å². The van der Waals surface area contributed by atoms with Crippen LogP contribution in [0.3, 0.4) is 0 Å². The molecule has 27 heavy (non-hydrogen) atoms. The van der Waals surface area contributed by atoms with Crippen LogP contribution in [0, 0.1) is 5.92 Å². The summed E-state index contributed by atoms with van der Waals surface area (Å²) in [5.74, 6) is -0.465. The van der Waals surface area contributed by atoms with Crippen molar-refractivity contribution in [2.24, 2.45) is 5.92 Å². The van der Waals surface area contributed by atoms with Crippen LogP contribution in [-0.4, -0.2) is 41.1 Å². The van der Waals surface area contributed by atoms with Gasteiger partial charge in [-0.1, -0.05) is 19.1 Å². The van der Waals surface area contributed by atoms with Crippen molar-refractivity contribution in [1.82, 2.24) is 5.32 Å². The zero-order valence-corrected chi connectivity index (χ0v) is 15.7. The summed E-state index contributed by atoms with van der Waals surface area (Å²) in [7, 11) is 0. The SMILES string of the molecule is CC1CCC(NC(=O)CCN2C(=O)C(C)Oc3ccccc32)(C(=O)O)CC1. The first kappa shape index (κ1) is 19.2. The number of para-hydroxylation sites is 2. The van der Waals surface area contributed by atoms with Gasteiger partial charge in [0.2, 0.25) is 5.91 Å². The fourth-order valence-electron chi connectivity index (χ4n) is 3.78. The number of carbonyl (C=O) groups excluding carboxylic acids is 2. The molecule has 1 saturated carbocycles. The first-order valence-electron chi connectivity index (χ1n) is 9.44. The number of hydrogen-bond donors (Lipinski definition) is 2. The van der Waals surface area contributed by atoms with Gasteiger partial charge >= 0.3 is 5.97 Å². The van der Waals surface area contributed by atoms with Gasteiger partial charge in [0.25, 0.3) is 5.91 Å². The number of anilines is 1. The number of nitrogens with zero attached hydrogens (tertiary/aromatic N) is 1. The van der Waals surface area contributed by atoms with Crippen molar-refractivity contribution in [3.63, 3.8) is 0 Å². The number of fused-ring (bicyclic) bond motifs is 1. The van der Waals surface area contributed by atoms with Gasteiger partial charge in [-0.25, -0.2) is 4.79 Å². The Hall–Kier alpha value is -2.57. The molecule has 0 spiro atoms. The first-order valence-corrected chi connectivity index (χ1v) is 9.44. The lowest BCUT2D eigenvalue weighted by atomic mass is 9.77. The molecule has 1 aromatic rings. The average molecular weight is 374 g/mol. The van der Waals surface area contributed by atoms with Crippen LogP contribution in [0.4, 0.5) is 5.69 Å². The Bertz CT molecular complexity index is 740. The number of aliphatic carboxylic acids is 1. The van der Waals surface area contributed by atoms with E-state index < -0.39 is 17.6 Å². The van der Waals surface area contributed by atoms with Crippen LogP contribution in [0.25, 0.3) is 0 Å². The normalized spacial score (nSPS) is 27.5. The van der Waals surface area contributed by atoms with Crippen LogP contribution in [-0.2, 0) is 14.4 Å². The second kappa shape index (κ2) is 7.58. The molecule has 1 unspecified atom stereocenters. The zero-order chi connectivity index (χ0) is 19.6. The van der Waals surface area contributed by atoms with E-state index in [1.165, 1.54) is 0 Å². The van der Waals surface area contributed by atoms with Crippen molar-refractivity contribution in [3.05, 3.63) is 24.3 Å². The maximum Gasteiger partial charge on any atom is 0.329 e. The molecule has 0 bridgehead atoms. The summed E-state index contributed by atoms with van der Waals surface area (Å²) in [5, 5.41) is 12.4. The Morgan fingerprint density at radius 3 is 2.59 bits per heavy atom. The number of carboxylic acid groups (broad SMARTS) is 1. The van der Waals surface area contributed by atoms with Gasteiger partial charge in [-0.2, -0.15) is 0 Å². The fourth-order valence-corrected chi connectivity index (χ4v) is 3.78. The van der Waals surface area contributed by atoms with Gasteiger partial charge in [0, 0.05) is 13.0 Å². The fraction of sp³-hybridized carbons (Fsp3) is 0.550. The highest BCUT2D eigenvalue weighted by atomic mass is 16.5. The topological polar surface area (TPSA) is 95.9 Å². The monoisotopic (exact) mass is 374 g/mol. The highest BCUT2D eigenvalue weighted by molar-refractivity contribution is 6.00. The van der Waals surface area contributed by atoms with Crippen molar-refractivity contribution < 1.29 is 24.2 Å². The molecule has 2 amide bonds. The van der Waals surface area contributed by atoms with Crippen molar-refractivity contribution in [1.29, 1.82) is 0 Å². The van der Waals surface area contributed by atoms with Crippen molar-refractivity contribution in [3.8, 4) is 5.75 Å². The minimum atomic E-state index is -1.19. The first-order chi connectivity index (χ1) is 12.8. The Morgan fingerprint density at radius 2 is 1.93 bits per heavy atom. The summed E-state index contributed by atoms with van der Waals surface area (Å²) in [6.07, 6.45) is 1.85. The molecule has 1 atom stereocenters. The molecule has 7 nitrogen and oxygen atoms in total. The number of hydrogen-bond acceptors (Lipinski definition) is 4. The maximum absolute atomic E-state index is 12.5. The molecule has 1 aromatic carbocycles.